The largest absolute Gasteiger partial charge is 0.302 e. The number of benzene rings is 1. The van der Waals surface area contributed by atoms with Crippen molar-refractivity contribution in [3.63, 3.8) is 0 Å². The maximum Gasteiger partial charge on any atom is 0.231 e. The number of rotatable bonds is 5. The minimum Gasteiger partial charge on any atom is -0.302 e. The van der Waals surface area contributed by atoms with Crippen LogP contribution in [0.3, 0.4) is 0 Å². The van der Waals surface area contributed by atoms with Crippen molar-refractivity contribution in [3.8, 4) is 11.3 Å². The van der Waals surface area contributed by atoms with E-state index >= 15 is 0 Å². The van der Waals surface area contributed by atoms with Gasteiger partial charge in [-0.2, -0.15) is 0 Å². The van der Waals surface area contributed by atoms with E-state index in [1.807, 2.05) is 17.5 Å². The number of thiazole rings is 1. The molecule has 2 bridgehead atoms. The maximum absolute atomic E-state index is 12.6. The van der Waals surface area contributed by atoms with E-state index in [0.717, 1.165) is 23.6 Å². The predicted molar refractivity (Wildman–Crippen MR) is 108 cm³/mol. The molecule has 144 valence electrons. The highest BCUT2D eigenvalue weighted by Gasteiger charge is 2.43. The van der Waals surface area contributed by atoms with Crippen LogP contribution in [-0.4, -0.2) is 32.6 Å². The molecule has 1 amide bonds. The van der Waals surface area contributed by atoms with E-state index in [2.05, 4.69) is 10.3 Å². The molecule has 2 aliphatic rings. The fourth-order valence-corrected chi connectivity index (χ4v) is 5.49. The fraction of sp³-hybridized carbons (Fsp3) is 0.474. The third-order valence-corrected chi connectivity index (χ3v) is 7.80. The van der Waals surface area contributed by atoms with Gasteiger partial charge in [-0.25, -0.2) is 13.4 Å². The summed E-state index contributed by atoms with van der Waals surface area (Å²) < 4.78 is 24.5. The van der Waals surface area contributed by atoms with Crippen LogP contribution >= 0.6 is 11.3 Å². The number of aromatic nitrogens is 1. The Morgan fingerprint density at radius 2 is 1.96 bits per heavy atom. The number of hydrogen-bond acceptors (Lipinski definition) is 5. The second-order valence-electron chi connectivity index (χ2n) is 7.59. The van der Waals surface area contributed by atoms with Crippen LogP contribution in [0.15, 0.2) is 29.6 Å². The Bertz CT molecular complexity index is 953. The zero-order valence-corrected chi connectivity index (χ0v) is 17.0. The first-order valence-corrected chi connectivity index (χ1v) is 11.8. The summed E-state index contributed by atoms with van der Waals surface area (Å²) in [5, 5.41) is 5.52. The number of sulfonamides is 1. The highest BCUT2D eigenvalue weighted by molar-refractivity contribution is 7.92. The molecule has 0 spiro atoms. The standard InChI is InChI=1S/C19H23N3O3S2/c1-22(27(2,24)25)15-7-5-13(6-8-15)17-11-26-19(20-17)21-18(23)16-10-12-3-4-14(16)9-12/h5-8,11-12,14,16H,3-4,9-10H2,1-2H3,(H,20,21,23)/t12-,14-,16-/m0/s1. The molecule has 0 unspecified atom stereocenters. The van der Waals surface area contributed by atoms with Gasteiger partial charge in [-0.3, -0.25) is 9.10 Å². The fourth-order valence-electron chi connectivity index (χ4n) is 4.26. The molecular weight excluding hydrogens is 382 g/mol. The van der Waals surface area contributed by atoms with E-state index in [1.165, 1.54) is 48.2 Å². The molecule has 6 nitrogen and oxygen atoms in total. The number of carbonyl (C=O) groups excluding carboxylic acids is 1. The molecule has 2 saturated carbocycles. The molecule has 1 heterocycles. The lowest BCUT2D eigenvalue weighted by Gasteiger charge is -2.19. The molecule has 1 N–H and O–H groups in total. The number of fused-ring (bicyclic) bond motifs is 2. The Morgan fingerprint density at radius 3 is 2.56 bits per heavy atom. The van der Waals surface area contributed by atoms with Crippen LogP contribution in [0, 0.1) is 17.8 Å². The van der Waals surface area contributed by atoms with Crippen molar-refractivity contribution >= 4 is 38.1 Å². The molecule has 2 aliphatic carbocycles. The van der Waals surface area contributed by atoms with E-state index in [-0.39, 0.29) is 11.8 Å². The van der Waals surface area contributed by atoms with Crippen molar-refractivity contribution in [2.45, 2.75) is 25.7 Å². The smallest absolute Gasteiger partial charge is 0.231 e. The van der Waals surface area contributed by atoms with E-state index in [0.29, 0.717) is 16.7 Å². The molecule has 0 saturated heterocycles. The second kappa shape index (κ2) is 6.91. The van der Waals surface area contributed by atoms with Gasteiger partial charge >= 0.3 is 0 Å². The Kier molecular flexibility index (Phi) is 4.71. The first-order chi connectivity index (χ1) is 12.8. The van der Waals surface area contributed by atoms with Gasteiger partial charge in [0.05, 0.1) is 17.6 Å². The third kappa shape index (κ3) is 3.73. The Hall–Kier alpha value is -1.93. The number of hydrogen-bond donors (Lipinski definition) is 1. The monoisotopic (exact) mass is 405 g/mol. The Balaban J connectivity index is 1.44. The quantitative estimate of drug-likeness (QED) is 0.825. The van der Waals surface area contributed by atoms with Crippen LogP contribution < -0.4 is 9.62 Å². The second-order valence-corrected chi connectivity index (χ2v) is 10.5. The lowest BCUT2D eigenvalue weighted by molar-refractivity contribution is -0.121. The van der Waals surface area contributed by atoms with Gasteiger partial charge < -0.3 is 5.32 Å². The third-order valence-electron chi connectivity index (χ3n) is 5.83. The Labute approximate surface area is 163 Å². The minimum atomic E-state index is -3.28. The van der Waals surface area contributed by atoms with Gasteiger partial charge in [-0.05, 0) is 43.2 Å². The number of nitrogens with one attached hydrogen (secondary N) is 1. The summed E-state index contributed by atoms with van der Waals surface area (Å²) in [5.74, 6) is 1.53. The van der Waals surface area contributed by atoms with Crippen LogP contribution in [0.5, 0.6) is 0 Å². The summed E-state index contributed by atoms with van der Waals surface area (Å²) in [6.45, 7) is 0. The van der Waals surface area contributed by atoms with Crippen LogP contribution in [-0.2, 0) is 14.8 Å². The Morgan fingerprint density at radius 1 is 1.22 bits per heavy atom. The van der Waals surface area contributed by atoms with Gasteiger partial charge in [-0.1, -0.05) is 18.6 Å². The van der Waals surface area contributed by atoms with Gasteiger partial charge in [0.1, 0.15) is 0 Å². The molecule has 1 aromatic heterocycles. The molecule has 3 atom stereocenters. The molecule has 2 fully saturated rings. The van der Waals surface area contributed by atoms with Crippen LogP contribution in [0.1, 0.15) is 25.7 Å². The molecule has 0 aliphatic heterocycles. The summed E-state index contributed by atoms with van der Waals surface area (Å²) in [6, 6.07) is 7.19. The number of amides is 1. The van der Waals surface area contributed by atoms with Crippen molar-refractivity contribution in [1.29, 1.82) is 0 Å². The lowest BCUT2D eigenvalue weighted by Crippen LogP contribution is -2.27. The van der Waals surface area contributed by atoms with Crippen molar-refractivity contribution in [2.75, 3.05) is 22.9 Å². The van der Waals surface area contributed by atoms with Crippen LogP contribution in [0.2, 0.25) is 0 Å². The SMILES string of the molecule is CN(c1ccc(-c2csc(NC(=O)[C@H]3C[C@H]4CC[C@H]3C4)n2)cc1)S(C)(=O)=O. The number of carbonyl (C=O) groups is 1. The molecule has 2 aromatic rings. The van der Waals surface area contributed by atoms with Crippen LogP contribution in [0.4, 0.5) is 10.8 Å². The van der Waals surface area contributed by atoms with Crippen molar-refractivity contribution in [2.24, 2.45) is 17.8 Å². The van der Waals surface area contributed by atoms with Crippen molar-refractivity contribution in [3.05, 3.63) is 29.6 Å². The van der Waals surface area contributed by atoms with Crippen molar-refractivity contribution in [1.82, 2.24) is 4.98 Å². The summed E-state index contributed by atoms with van der Waals surface area (Å²) in [7, 11) is -1.76. The highest BCUT2D eigenvalue weighted by Crippen LogP contribution is 2.48. The summed E-state index contributed by atoms with van der Waals surface area (Å²) in [6.07, 6.45) is 5.85. The zero-order chi connectivity index (χ0) is 19.2. The first kappa shape index (κ1) is 18.4. The average Bonchev–Trinajstić information content (AvgIpc) is 3.37. The van der Waals surface area contributed by atoms with Crippen molar-refractivity contribution < 1.29 is 13.2 Å². The minimum absolute atomic E-state index is 0.105. The highest BCUT2D eigenvalue weighted by atomic mass is 32.2. The predicted octanol–water partition coefficient (Wildman–Crippen LogP) is 3.58. The molecule has 1 aromatic carbocycles. The molecule has 0 radical (unpaired) electrons. The van der Waals surface area contributed by atoms with E-state index in [9.17, 15) is 13.2 Å². The summed E-state index contributed by atoms with van der Waals surface area (Å²) in [4.78, 5) is 17.1. The van der Waals surface area contributed by atoms with E-state index in [1.54, 1.807) is 12.1 Å². The van der Waals surface area contributed by atoms with Gasteiger partial charge in [0.25, 0.3) is 0 Å². The zero-order valence-electron chi connectivity index (χ0n) is 15.4. The molecule has 4 rings (SSSR count). The molecular formula is C19H23N3O3S2. The number of nitrogens with zero attached hydrogens (tertiary/aromatic N) is 2. The lowest BCUT2D eigenvalue weighted by atomic mass is 9.88. The number of anilines is 2. The summed E-state index contributed by atoms with van der Waals surface area (Å²) in [5.41, 5.74) is 2.26. The first-order valence-electron chi connectivity index (χ1n) is 9.12. The van der Waals surface area contributed by atoms with E-state index in [4.69, 9.17) is 0 Å². The maximum atomic E-state index is 12.6. The van der Waals surface area contributed by atoms with Gasteiger partial charge in [0, 0.05) is 23.9 Å². The van der Waals surface area contributed by atoms with Gasteiger partial charge in [0.15, 0.2) is 5.13 Å². The van der Waals surface area contributed by atoms with E-state index < -0.39 is 10.0 Å². The average molecular weight is 406 g/mol. The van der Waals surface area contributed by atoms with Gasteiger partial charge in [-0.15, -0.1) is 11.3 Å². The van der Waals surface area contributed by atoms with Crippen LogP contribution in [0.25, 0.3) is 11.3 Å². The summed E-state index contributed by atoms with van der Waals surface area (Å²) >= 11 is 1.42. The normalized spacial score (nSPS) is 24.1. The molecule has 8 heteroatoms. The molecule has 27 heavy (non-hydrogen) atoms. The topological polar surface area (TPSA) is 79.4 Å². The van der Waals surface area contributed by atoms with Gasteiger partial charge in [0.2, 0.25) is 15.9 Å².